The predicted octanol–water partition coefficient (Wildman–Crippen LogP) is 2.57. The number of carbonyl (C=O) groups is 1. The van der Waals surface area contributed by atoms with Crippen molar-refractivity contribution in [3.05, 3.63) is 39.6 Å². The monoisotopic (exact) mass is 506 g/mol. The van der Waals surface area contributed by atoms with E-state index in [0.29, 0.717) is 19.4 Å². The second kappa shape index (κ2) is 8.20. The summed E-state index contributed by atoms with van der Waals surface area (Å²) in [4.78, 5) is 15.3. The van der Waals surface area contributed by atoms with Crippen LogP contribution in [0, 0.1) is 18.8 Å². The van der Waals surface area contributed by atoms with E-state index in [1.165, 1.54) is 0 Å². The van der Waals surface area contributed by atoms with Gasteiger partial charge in [-0.2, -0.15) is 0 Å². The highest BCUT2D eigenvalue weighted by atomic mass is 79.9. The summed E-state index contributed by atoms with van der Waals surface area (Å²) >= 11 is 3.63. The lowest BCUT2D eigenvalue weighted by Gasteiger charge is -2.34. The lowest BCUT2D eigenvalue weighted by molar-refractivity contribution is -0.145. The number of ether oxygens (including phenoxy) is 1. The molecule has 0 aliphatic carbocycles. The molecule has 2 N–H and O–H groups in total. The molecule has 1 aromatic heterocycles. The highest BCUT2D eigenvalue weighted by Crippen LogP contribution is 2.58. The van der Waals surface area contributed by atoms with Gasteiger partial charge in [-0.25, -0.2) is 0 Å². The molecule has 0 saturated carbocycles. The molecule has 3 heterocycles. The zero-order valence-electron chi connectivity index (χ0n) is 19.2. The highest BCUT2D eigenvalue weighted by Gasteiger charge is 2.65. The lowest BCUT2D eigenvalue weighted by atomic mass is 9.70. The number of benzene rings is 1. The van der Waals surface area contributed by atoms with E-state index < -0.39 is 11.2 Å². The molecule has 1 fully saturated rings. The number of halogens is 1. The first kappa shape index (κ1) is 23.4. The van der Waals surface area contributed by atoms with Gasteiger partial charge in [-0.3, -0.25) is 9.48 Å². The molecule has 4 rings (SSSR count). The Hall–Kier alpha value is -1.81. The molecule has 0 radical (unpaired) electrons. The van der Waals surface area contributed by atoms with Gasteiger partial charge in [0.25, 0.3) is 5.91 Å². The molecule has 174 valence electrons. The van der Waals surface area contributed by atoms with Crippen LogP contribution >= 0.6 is 15.9 Å². The number of amides is 1. The van der Waals surface area contributed by atoms with Crippen LogP contribution in [0.1, 0.15) is 44.0 Å². The second-order valence-corrected chi connectivity index (χ2v) is 10.5. The maximum atomic E-state index is 13.7. The van der Waals surface area contributed by atoms with Crippen molar-refractivity contribution in [3.63, 3.8) is 0 Å². The third kappa shape index (κ3) is 3.59. The van der Waals surface area contributed by atoms with Crippen LogP contribution in [-0.2, 0) is 28.1 Å². The maximum absolute atomic E-state index is 13.7. The number of hydrogen-bond acceptors (Lipinski definition) is 6. The van der Waals surface area contributed by atoms with Crippen molar-refractivity contribution in [2.24, 2.45) is 11.8 Å². The van der Waals surface area contributed by atoms with Gasteiger partial charge in [0.15, 0.2) is 5.60 Å². The summed E-state index contributed by atoms with van der Waals surface area (Å²) < 4.78 is 9.27. The van der Waals surface area contributed by atoms with Gasteiger partial charge in [0, 0.05) is 54.7 Å². The smallest absolute Gasteiger partial charge is 0.264 e. The average Bonchev–Trinajstić information content (AvgIpc) is 3.32. The van der Waals surface area contributed by atoms with Crippen LogP contribution in [-0.4, -0.2) is 56.5 Å². The molecule has 8 nitrogen and oxygen atoms in total. The predicted molar refractivity (Wildman–Crippen MR) is 123 cm³/mol. The van der Waals surface area contributed by atoms with Gasteiger partial charge in [-0.15, -0.1) is 5.10 Å². The fourth-order valence-corrected chi connectivity index (χ4v) is 6.45. The summed E-state index contributed by atoms with van der Waals surface area (Å²) in [5.74, 6) is -0.599. The van der Waals surface area contributed by atoms with Gasteiger partial charge < -0.3 is 19.8 Å². The third-order valence-corrected chi connectivity index (χ3v) is 7.50. The number of fused-ring (bicyclic) bond motifs is 2. The molecule has 1 spiro atoms. The van der Waals surface area contributed by atoms with Crippen molar-refractivity contribution in [1.29, 1.82) is 0 Å². The van der Waals surface area contributed by atoms with Gasteiger partial charge in [0.05, 0.1) is 23.1 Å². The van der Waals surface area contributed by atoms with Crippen molar-refractivity contribution < 1.29 is 19.7 Å². The SMILES string of the molecule is Cc1cc(Br)c2c(c1)[C@@]1(O[C@H](CCn3cc(CCO)nn3)[C@@H](C(C)(C)O)[C@@H]1C)C(=O)N2C. The Labute approximate surface area is 196 Å². The zero-order valence-corrected chi connectivity index (χ0v) is 20.8. The number of rotatable bonds is 6. The molecule has 2 aliphatic heterocycles. The summed E-state index contributed by atoms with van der Waals surface area (Å²) in [6, 6.07) is 4.03. The number of aliphatic hydroxyl groups is 2. The van der Waals surface area contributed by atoms with E-state index in [1.54, 1.807) is 30.5 Å². The largest absolute Gasteiger partial charge is 0.396 e. The van der Waals surface area contributed by atoms with E-state index in [9.17, 15) is 9.90 Å². The zero-order chi connectivity index (χ0) is 23.4. The number of anilines is 1. The third-order valence-electron chi connectivity index (χ3n) is 6.90. The summed E-state index contributed by atoms with van der Waals surface area (Å²) in [7, 11) is 1.77. The molecule has 32 heavy (non-hydrogen) atoms. The molecule has 0 bridgehead atoms. The standard InChI is InChI=1S/C23H31BrN4O4/c1-13-10-16-20(17(24)11-13)27(5)21(30)23(16)14(2)19(22(3,4)31)18(32-23)6-8-28-12-15(7-9-29)25-26-28/h10-12,14,18-19,29,31H,6-9H2,1-5H3/t14-,18+,19-,23+/m0/s1. The van der Waals surface area contributed by atoms with Gasteiger partial charge >= 0.3 is 0 Å². The normalized spacial score (nSPS) is 27.6. The first-order valence-electron chi connectivity index (χ1n) is 11.0. The van der Waals surface area contributed by atoms with Gasteiger partial charge in [0.1, 0.15) is 0 Å². The Morgan fingerprint density at radius 1 is 1.34 bits per heavy atom. The van der Waals surface area contributed by atoms with Gasteiger partial charge in [0.2, 0.25) is 0 Å². The fraction of sp³-hybridized carbons (Fsp3) is 0.609. The van der Waals surface area contributed by atoms with Crippen LogP contribution in [0.4, 0.5) is 5.69 Å². The Morgan fingerprint density at radius 3 is 2.72 bits per heavy atom. The first-order valence-corrected chi connectivity index (χ1v) is 11.8. The number of nitrogens with zero attached hydrogens (tertiary/aromatic N) is 4. The molecule has 1 saturated heterocycles. The fourth-order valence-electron chi connectivity index (χ4n) is 5.61. The minimum absolute atomic E-state index is 0.0231. The number of aromatic nitrogens is 3. The molecule has 0 unspecified atom stereocenters. The van der Waals surface area contributed by atoms with E-state index in [-0.39, 0.29) is 30.5 Å². The van der Waals surface area contributed by atoms with Crippen molar-refractivity contribution in [2.75, 3.05) is 18.6 Å². The average molecular weight is 507 g/mol. The number of aryl methyl sites for hydroxylation is 2. The van der Waals surface area contributed by atoms with Crippen molar-refractivity contribution in [3.8, 4) is 0 Å². The van der Waals surface area contributed by atoms with E-state index in [1.807, 2.05) is 32.2 Å². The number of hydrogen-bond donors (Lipinski definition) is 2. The maximum Gasteiger partial charge on any atom is 0.264 e. The number of aliphatic hydroxyl groups excluding tert-OH is 1. The molecule has 9 heteroatoms. The van der Waals surface area contributed by atoms with Gasteiger partial charge in [-0.1, -0.05) is 18.2 Å². The van der Waals surface area contributed by atoms with Crippen LogP contribution in [0.3, 0.4) is 0 Å². The van der Waals surface area contributed by atoms with Crippen molar-refractivity contribution >= 4 is 27.5 Å². The summed E-state index contributed by atoms with van der Waals surface area (Å²) in [6.07, 6.45) is 2.49. The van der Waals surface area contributed by atoms with Gasteiger partial charge in [-0.05, 0) is 54.8 Å². The number of carbonyl (C=O) groups excluding carboxylic acids is 1. The first-order chi connectivity index (χ1) is 15.0. The van der Waals surface area contributed by atoms with Crippen molar-refractivity contribution in [1.82, 2.24) is 15.0 Å². The molecule has 4 atom stereocenters. The Kier molecular flexibility index (Phi) is 5.98. The minimum atomic E-state index is -1.14. The molecule has 1 amide bonds. The summed E-state index contributed by atoms with van der Waals surface area (Å²) in [6.45, 7) is 8.14. The topological polar surface area (TPSA) is 101 Å². The molecule has 2 aromatic rings. The Balaban J connectivity index is 1.70. The molecule has 2 aliphatic rings. The summed E-state index contributed by atoms with van der Waals surface area (Å²) in [5.41, 5.74) is 1.26. The van der Waals surface area contributed by atoms with E-state index in [4.69, 9.17) is 9.84 Å². The van der Waals surface area contributed by atoms with E-state index in [0.717, 1.165) is 27.0 Å². The van der Waals surface area contributed by atoms with Crippen LogP contribution < -0.4 is 4.90 Å². The van der Waals surface area contributed by atoms with E-state index >= 15 is 0 Å². The number of likely N-dealkylation sites (N-methyl/N-ethyl adjacent to an activating group) is 1. The van der Waals surface area contributed by atoms with Crippen LogP contribution in [0.2, 0.25) is 0 Å². The van der Waals surface area contributed by atoms with Crippen molar-refractivity contribution in [2.45, 2.75) is 64.4 Å². The molecule has 1 aromatic carbocycles. The molecular formula is C23H31BrN4O4. The van der Waals surface area contributed by atoms with Crippen LogP contribution in [0.25, 0.3) is 0 Å². The van der Waals surface area contributed by atoms with E-state index in [2.05, 4.69) is 26.2 Å². The summed E-state index contributed by atoms with van der Waals surface area (Å²) in [5, 5.41) is 28.4. The van der Waals surface area contributed by atoms with Crippen LogP contribution in [0.5, 0.6) is 0 Å². The quantitative estimate of drug-likeness (QED) is 0.624. The highest BCUT2D eigenvalue weighted by molar-refractivity contribution is 9.10. The lowest BCUT2D eigenvalue weighted by Crippen LogP contribution is -2.45. The van der Waals surface area contributed by atoms with Crippen LogP contribution in [0.15, 0.2) is 22.8 Å². The second-order valence-electron chi connectivity index (χ2n) is 9.60. The molecular weight excluding hydrogens is 476 g/mol. The Morgan fingerprint density at radius 2 is 2.06 bits per heavy atom. The Bertz CT molecular complexity index is 1030. The minimum Gasteiger partial charge on any atom is -0.396 e.